The number of aromatic nitrogens is 2. The van der Waals surface area contributed by atoms with E-state index in [1.807, 2.05) is 30.3 Å². The minimum absolute atomic E-state index is 0.0945. The summed E-state index contributed by atoms with van der Waals surface area (Å²) in [4.78, 5) is 35.0. The molecule has 4 rings (SSSR count). The highest BCUT2D eigenvalue weighted by Gasteiger charge is 2.26. The first kappa shape index (κ1) is 31.4. The molecule has 13 heteroatoms. The van der Waals surface area contributed by atoms with Crippen molar-refractivity contribution >= 4 is 35.1 Å². The normalized spacial score (nSPS) is 14.9. The molecule has 1 aliphatic rings. The van der Waals surface area contributed by atoms with Gasteiger partial charge in [0.1, 0.15) is 11.4 Å². The Bertz CT molecular complexity index is 1430. The van der Waals surface area contributed by atoms with Crippen LogP contribution in [0.5, 0.6) is 0 Å². The first-order chi connectivity index (χ1) is 20.4. The number of halogens is 2. The van der Waals surface area contributed by atoms with Gasteiger partial charge < -0.3 is 36.1 Å². The van der Waals surface area contributed by atoms with Crippen LogP contribution in [0, 0.1) is 11.6 Å². The number of primary amides is 1. The highest BCUT2D eigenvalue weighted by molar-refractivity contribution is 5.98. The van der Waals surface area contributed by atoms with Crippen molar-refractivity contribution in [3.8, 4) is 0 Å². The van der Waals surface area contributed by atoms with Crippen LogP contribution in [-0.2, 0) is 15.9 Å². The van der Waals surface area contributed by atoms with Crippen LogP contribution in [0.15, 0.2) is 48.7 Å². The number of pyridine rings is 2. The molecule has 11 nitrogen and oxygen atoms in total. The lowest BCUT2D eigenvalue weighted by Gasteiger charge is -2.29. The van der Waals surface area contributed by atoms with Gasteiger partial charge in [-0.05, 0) is 45.7 Å². The smallest absolute Gasteiger partial charge is 0.407 e. The number of morpholine rings is 1. The van der Waals surface area contributed by atoms with E-state index < -0.39 is 41.3 Å². The maximum Gasteiger partial charge on any atom is 0.407 e. The van der Waals surface area contributed by atoms with Crippen LogP contribution >= 0.6 is 0 Å². The molecule has 43 heavy (non-hydrogen) atoms. The van der Waals surface area contributed by atoms with Crippen LogP contribution in [0.4, 0.5) is 36.7 Å². The number of carbonyl (C=O) groups excluding carboxylic acids is 2. The summed E-state index contributed by atoms with van der Waals surface area (Å²) in [7, 11) is 0. The summed E-state index contributed by atoms with van der Waals surface area (Å²) in [6.45, 7) is 8.95. The fourth-order valence-electron chi connectivity index (χ4n) is 4.51. The molecule has 1 fully saturated rings. The second kappa shape index (κ2) is 13.6. The van der Waals surface area contributed by atoms with Crippen LogP contribution in [0.25, 0.3) is 0 Å². The molecule has 2 atom stereocenters. The quantitative estimate of drug-likeness (QED) is 0.268. The molecule has 230 valence electrons. The number of anilines is 4. The van der Waals surface area contributed by atoms with Crippen molar-refractivity contribution in [1.82, 2.24) is 15.3 Å². The van der Waals surface area contributed by atoms with Crippen molar-refractivity contribution in [2.45, 2.75) is 51.8 Å². The Labute approximate surface area is 249 Å². The Morgan fingerprint density at radius 2 is 1.79 bits per heavy atom. The van der Waals surface area contributed by atoms with Gasteiger partial charge in [0.25, 0.3) is 5.91 Å². The number of nitrogens with two attached hydrogens (primary N) is 1. The maximum absolute atomic E-state index is 15.3. The van der Waals surface area contributed by atoms with E-state index in [0.717, 1.165) is 11.6 Å². The lowest BCUT2D eigenvalue weighted by atomic mass is 10.00. The average molecular weight is 598 g/mol. The fourth-order valence-corrected chi connectivity index (χ4v) is 4.51. The van der Waals surface area contributed by atoms with Crippen LogP contribution in [0.1, 0.15) is 43.6 Å². The third-order valence-corrected chi connectivity index (χ3v) is 6.61. The number of nitrogens with one attached hydrogen (secondary N) is 3. The molecule has 0 radical (unpaired) electrons. The van der Waals surface area contributed by atoms with E-state index in [0.29, 0.717) is 32.7 Å². The van der Waals surface area contributed by atoms with Gasteiger partial charge in [-0.15, -0.1) is 0 Å². The van der Waals surface area contributed by atoms with Gasteiger partial charge >= 0.3 is 6.09 Å². The van der Waals surface area contributed by atoms with Crippen molar-refractivity contribution in [3.63, 3.8) is 0 Å². The largest absolute Gasteiger partial charge is 0.444 e. The van der Waals surface area contributed by atoms with Crippen LogP contribution in [0.3, 0.4) is 0 Å². The van der Waals surface area contributed by atoms with Crippen molar-refractivity contribution in [1.29, 1.82) is 0 Å². The minimum Gasteiger partial charge on any atom is -0.444 e. The van der Waals surface area contributed by atoms with Crippen molar-refractivity contribution in [3.05, 3.63) is 71.4 Å². The molecule has 3 aromatic rings. The summed E-state index contributed by atoms with van der Waals surface area (Å²) in [6, 6.07) is 10.5. The van der Waals surface area contributed by atoms with E-state index in [4.69, 9.17) is 15.2 Å². The average Bonchev–Trinajstić information content (AvgIpc) is 2.94. The summed E-state index contributed by atoms with van der Waals surface area (Å²) < 4.78 is 41.0. The molecular weight excluding hydrogens is 560 g/mol. The van der Waals surface area contributed by atoms with E-state index in [9.17, 15) is 9.59 Å². The number of carbonyl (C=O) groups is 2. The maximum atomic E-state index is 15.3. The fraction of sp³-hybridized carbons (Fsp3) is 0.400. The van der Waals surface area contributed by atoms with Gasteiger partial charge in [-0.25, -0.2) is 23.5 Å². The molecule has 2 amide bonds. The van der Waals surface area contributed by atoms with Crippen LogP contribution in [-0.4, -0.2) is 66.0 Å². The molecule has 5 N–H and O–H groups in total. The standard InChI is InChI=1S/C30H37F2N7O4/c1-18(35-29(41)43-30(2,3)4)24(14-19-8-6-5-7-9-19)37-27-22(31)16-21(25(33)40)26(38-27)36-20-15-23(32)28(34-17-20)39-10-12-42-13-11-39/h5-9,15-18,24H,10-14H2,1-4H3,(H2,33,40)(H,35,41)(H2,36,37,38)/t18-,24+/m0/s1. The molecule has 0 unspecified atom stereocenters. The third-order valence-electron chi connectivity index (χ3n) is 6.61. The zero-order valence-electron chi connectivity index (χ0n) is 24.6. The lowest BCUT2D eigenvalue weighted by Crippen LogP contribution is -2.47. The van der Waals surface area contributed by atoms with E-state index in [1.165, 1.54) is 12.3 Å². The number of alkyl carbamates (subject to hydrolysis) is 1. The number of hydrogen-bond donors (Lipinski definition) is 4. The van der Waals surface area contributed by atoms with E-state index in [1.54, 1.807) is 32.6 Å². The monoisotopic (exact) mass is 597 g/mol. The highest BCUT2D eigenvalue weighted by Crippen LogP contribution is 2.27. The summed E-state index contributed by atoms with van der Waals surface area (Å²) in [5, 5.41) is 8.71. The predicted molar refractivity (Wildman–Crippen MR) is 160 cm³/mol. The first-order valence-corrected chi connectivity index (χ1v) is 13.9. The third kappa shape index (κ3) is 8.74. The Morgan fingerprint density at radius 3 is 2.42 bits per heavy atom. The highest BCUT2D eigenvalue weighted by atomic mass is 19.1. The molecular formula is C30H37F2N7O4. The predicted octanol–water partition coefficient (Wildman–Crippen LogP) is 4.37. The topological polar surface area (TPSA) is 144 Å². The number of hydrogen-bond acceptors (Lipinski definition) is 9. The SMILES string of the molecule is C[C@H](NC(=O)OC(C)(C)C)[C@@H](Cc1ccccc1)Nc1nc(Nc2cnc(N3CCOCC3)c(F)c2)c(C(N)=O)cc1F. The van der Waals surface area contributed by atoms with Gasteiger partial charge in [0.2, 0.25) is 0 Å². The summed E-state index contributed by atoms with van der Waals surface area (Å²) in [5.41, 5.74) is 5.68. The Hall–Kier alpha value is -4.52. The van der Waals surface area contributed by atoms with E-state index in [2.05, 4.69) is 25.9 Å². The summed E-state index contributed by atoms with van der Waals surface area (Å²) in [6.07, 6.45) is 1.15. The second-order valence-corrected chi connectivity index (χ2v) is 11.2. The minimum atomic E-state index is -0.931. The molecule has 0 spiro atoms. The van der Waals surface area contributed by atoms with Gasteiger partial charge in [0, 0.05) is 25.2 Å². The number of benzene rings is 1. The van der Waals surface area contributed by atoms with Crippen LogP contribution < -0.4 is 26.6 Å². The van der Waals surface area contributed by atoms with Gasteiger partial charge in [0.15, 0.2) is 23.3 Å². The zero-order chi connectivity index (χ0) is 31.1. The zero-order valence-corrected chi connectivity index (χ0v) is 24.6. The van der Waals surface area contributed by atoms with Crippen molar-refractivity contribution in [2.24, 2.45) is 5.73 Å². The Morgan fingerprint density at radius 1 is 1.09 bits per heavy atom. The first-order valence-electron chi connectivity index (χ1n) is 13.9. The molecule has 0 aliphatic carbocycles. The summed E-state index contributed by atoms with van der Waals surface area (Å²) >= 11 is 0. The lowest BCUT2D eigenvalue weighted by molar-refractivity contribution is 0.0503. The number of ether oxygens (including phenoxy) is 2. The Kier molecular flexibility index (Phi) is 9.96. The second-order valence-electron chi connectivity index (χ2n) is 11.2. The summed E-state index contributed by atoms with van der Waals surface area (Å²) in [5.74, 6) is -2.48. The van der Waals surface area contributed by atoms with E-state index >= 15 is 8.78 Å². The number of amides is 2. The molecule has 1 saturated heterocycles. The molecule has 1 aromatic carbocycles. The molecule has 0 bridgehead atoms. The van der Waals surface area contributed by atoms with Gasteiger partial charge in [-0.1, -0.05) is 30.3 Å². The molecule has 1 aliphatic heterocycles. The molecule has 0 saturated carbocycles. The van der Waals surface area contributed by atoms with Gasteiger partial charge in [-0.2, -0.15) is 0 Å². The van der Waals surface area contributed by atoms with Crippen molar-refractivity contribution in [2.75, 3.05) is 41.8 Å². The molecule has 2 aromatic heterocycles. The van der Waals surface area contributed by atoms with Crippen LogP contribution in [0.2, 0.25) is 0 Å². The van der Waals surface area contributed by atoms with E-state index in [-0.39, 0.29) is 28.7 Å². The number of nitrogens with zero attached hydrogens (tertiary/aromatic N) is 3. The van der Waals surface area contributed by atoms with Gasteiger partial charge in [0.05, 0.1) is 36.7 Å². The Balaban J connectivity index is 1.61. The van der Waals surface area contributed by atoms with Crippen molar-refractivity contribution < 1.29 is 27.8 Å². The molecule has 3 heterocycles. The van der Waals surface area contributed by atoms with Gasteiger partial charge in [-0.3, -0.25) is 4.79 Å². The number of rotatable bonds is 10.